The van der Waals surface area contributed by atoms with Crippen LogP contribution in [0.5, 0.6) is 11.5 Å². The van der Waals surface area contributed by atoms with Crippen molar-refractivity contribution in [2.24, 2.45) is 21.5 Å². The number of para-hydroxylation sites is 1. The van der Waals surface area contributed by atoms with Crippen molar-refractivity contribution in [2.75, 3.05) is 23.8 Å². The summed E-state index contributed by atoms with van der Waals surface area (Å²) in [7, 11) is -1.10. The van der Waals surface area contributed by atoms with E-state index in [-0.39, 0.29) is 22.6 Å². The normalized spacial score (nSPS) is 17.8. The molecule has 2 aromatic rings. The van der Waals surface area contributed by atoms with Gasteiger partial charge < -0.3 is 20.9 Å². The van der Waals surface area contributed by atoms with Crippen LogP contribution in [-0.2, 0) is 10.0 Å². The van der Waals surface area contributed by atoms with Crippen LogP contribution in [0, 0.1) is 0 Å². The highest BCUT2D eigenvalue weighted by atomic mass is 32.2. The lowest BCUT2D eigenvalue weighted by Crippen LogP contribution is -2.58. The van der Waals surface area contributed by atoms with E-state index in [2.05, 4.69) is 14.7 Å². The molecule has 176 valence electrons. The Morgan fingerprint density at radius 3 is 2.30 bits per heavy atom. The lowest BCUT2D eigenvalue weighted by Gasteiger charge is -2.46. The van der Waals surface area contributed by atoms with Crippen LogP contribution >= 0.6 is 0 Å². The molecule has 11 heteroatoms. The van der Waals surface area contributed by atoms with E-state index in [4.69, 9.17) is 20.9 Å². The highest BCUT2D eigenvalue weighted by Gasteiger charge is 2.44. The molecule has 0 aromatic heterocycles. The SMILES string of the molecule is COc1cc(S(=O)(=O)Nc2ccccc2)c(OC)cc1N1C(N)=NC(N)=NC12CCCCC2. The second kappa shape index (κ2) is 8.81. The Kier molecular flexibility index (Phi) is 6.07. The van der Waals surface area contributed by atoms with Crippen molar-refractivity contribution in [1.82, 2.24) is 0 Å². The second-order valence-electron chi connectivity index (χ2n) is 7.96. The third-order valence-corrected chi connectivity index (χ3v) is 7.28. The van der Waals surface area contributed by atoms with Gasteiger partial charge >= 0.3 is 0 Å². The number of anilines is 2. The van der Waals surface area contributed by atoms with Crippen molar-refractivity contribution in [3.05, 3.63) is 42.5 Å². The van der Waals surface area contributed by atoms with Gasteiger partial charge in [-0.1, -0.05) is 24.6 Å². The Bertz CT molecular complexity index is 1190. The Hall–Kier alpha value is -3.47. The summed E-state index contributed by atoms with van der Waals surface area (Å²) in [6.07, 6.45) is 4.45. The predicted molar refractivity (Wildman–Crippen MR) is 128 cm³/mol. The van der Waals surface area contributed by atoms with E-state index in [0.29, 0.717) is 17.1 Å². The van der Waals surface area contributed by atoms with Crippen molar-refractivity contribution in [2.45, 2.75) is 42.7 Å². The molecule has 0 bridgehead atoms. The van der Waals surface area contributed by atoms with E-state index >= 15 is 0 Å². The first-order valence-corrected chi connectivity index (χ1v) is 12.1. The van der Waals surface area contributed by atoms with Crippen LogP contribution in [-0.4, -0.2) is 40.2 Å². The minimum atomic E-state index is -3.97. The molecular formula is C22H28N6O4S. The standard InChI is InChI=1S/C22H28N6O4S/c1-31-17-14-19(33(29,30)27-15-9-5-3-6-10-15)18(32-2)13-16(17)28-21(24)25-20(23)26-22(28)11-7-4-8-12-22/h3,5-6,9-10,13-14,27H,4,7-8,11-12H2,1-2H3,(H4,23,24,25,26). The van der Waals surface area contributed by atoms with Crippen LogP contribution in [0.25, 0.3) is 0 Å². The topological polar surface area (TPSA) is 145 Å². The molecule has 1 fully saturated rings. The zero-order valence-corrected chi connectivity index (χ0v) is 19.4. The fourth-order valence-electron chi connectivity index (χ4n) is 4.42. The van der Waals surface area contributed by atoms with Gasteiger partial charge in [0, 0.05) is 17.8 Å². The van der Waals surface area contributed by atoms with Crippen LogP contribution in [0.2, 0.25) is 0 Å². The number of benzene rings is 2. The number of guanidine groups is 2. The molecule has 1 spiro atoms. The van der Waals surface area contributed by atoms with Crippen molar-refractivity contribution >= 4 is 33.3 Å². The molecule has 0 amide bonds. The van der Waals surface area contributed by atoms with Crippen molar-refractivity contribution in [3.8, 4) is 11.5 Å². The third-order valence-electron chi connectivity index (χ3n) is 5.87. The smallest absolute Gasteiger partial charge is 0.265 e. The molecular weight excluding hydrogens is 444 g/mol. The van der Waals surface area contributed by atoms with E-state index in [9.17, 15) is 8.42 Å². The summed E-state index contributed by atoms with van der Waals surface area (Å²) in [6, 6.07) is 11.6. The average Bonchev–Trinajstić information content (AvgIpc) is 2.79. The fraction of sp³-hybridized carbons (Fsp3) is 0.364. The Morgan fingerprint density at radius 2 is 1.67 bits per heavy atom. The molecule has 0 atom stereocenters. The zero-order chi connectivity index (χ0) is 23.6. The van der Waals surface area contributed by atoms with Crippen LogP contribution in [0.1, 0.15) is 32.1 Å². The first-order valence-electron chi connectivity index (χ1n) is 10.6. The molecule has 4 rings (SSSR count). The number of hydrogen-bond acceptors (Lipinski definition) is 9. The van der Waals surface area contributed by atoms with Gasteiger partial charge in [-0.25, -0.2) is 13.4 Å². The zero-order valence-electron chi connectivity index (χ0n) is 18.6. The molecule has 0 unspecified atom stereocenters. The van der Waals surface area contributed by atoms with Gasteiger partial charge in [-0.3, -0.25) is 9.62 Å². The van der Waals surface area contributed by atoms with Gasteiger partial charge in [0.1, 0.15) is 22.1 Å². The number of rotatable bonds is 6. The maximum absolute atomic E-state index is 13.2. The molecule has 33 heavy (non-hydrogen) atoms. The molecule has 2 aromatic carbocycles. The highest BCUT2D eigenvalue weighted by Crippen LogP contribution is 2.45. The number of aliphatic imine (C=N–C) groups is 2. The number of ether oxygens (including phenoxy) is 2. The number of nitrogens with one attached hydrogen (secondary N) is 1. The van der Waals surface area contributed by atoms with E-state index in [1.165, 1.54) is 20.3 Å². The number of methoxy groups -OCH3 is 2. The maximum Gasteiger partial charge on any atom is 0.265 e. The summed E-state index contributed by atoms with van der Waals surface area (Å²) in [5.41, 5.74) is 12.5. The summed E-state index contributed by atoms with van der Waals surface area (Å²) in [5, 5.41) is 0. The van der Waals surface area contributed by atoms with Gasteiger partial charge in [0.05, 0.1) is 19.9 Å². The van der Waals surface area contributed by atoms with Crippen molar-refractivity contribution in [1.29, 1.82) is 0 Å². The number of nitrogens with zero attached hydrogens (tertiary/aromatic N) is 3. The summed E-state index contributed by atoms with van der Waals surface area (Å²) >= 11 is 0. The number of nitrogens with two attached hydrogens (primary N) is 2. The largest absolute Gasteiger partial charge is 0.495 e. The highest BCUT2D eigenvalue weighted by molar-refractivity contribution is 7.92. The number of hydrogen-bond donors (Lipinski definition) is 3. The molecule has 0 radical (unpaired) electrons. The van der Waals surface area contributed by atoms with Gasteiger partial charge in [-0.15, -0.1) is 0 Å². The summed E-state index contributed by atoms with van der Waals surface area (Å²) in [4.78, 5) is 10.6. The quantitative estimate of drug-likeness (QED) is 0.586. The van der Waals surface area contributed by atoms with E-state index in [1.54, 1.807) is 41.3 Å². The van der Waals surface area contributed by atoms with Gasteiger partial charge in [0.25, 0.3) is 10.0 Å². The molecule has 1 aliphatic carbocycles. The van der Waals surface area contributed by atoms with Crippen molar-refractivity contribution < 1.29 is 17.9 Å². The van der Waals surface area contributed by atoms with E-state index < -0.39 is 15.7 Å². The summed E-state index contributed by atoms with van der Waals surface area (Å²) in [6.45, 7) is 0. The molecule has 2 aliphatic rings. The summed E-state index contributed by atoms with van der Waals surface area (Å²) in [5.74, 6) is 0.726. The third kappa shape index (κ3) is 4.28. The molecule has 1 aliphatic heterocycles. The fourth-order valence-corrected chi connectivity index (χ4v) is 5.65. The summed E-state index contributed by atoms with van der Waals surface area (Å²) < 4.78 is 40.1. The van der Waals surface area contributed by atoms with Crippen LogP contribution in [0.15, 0.2) is 57.3 Å². The maximum atomic E-state index is 13.2. The van der Waals surface area contributed by atoms with Gasteiger partial charge in [0.15, 0.2) is 0 Å². The van der Waals surface area contributed by atoms with Crippen molar-refractivity contribution in [3.63, 3.8) is 0 Å². The van der Waals surface area contributed by atoms with Gasteiger partial charge in [-0.2, -0.15) is 4.99 Å². The lowest BCUT2D eigenvalue weighted by molar-refractivity contribution is 0.302. The first kappa shape index (κ1) is 22.7. The van der Waals surface area contributed by atoms with Gasteiger partial charge in [0.2, 0.25) is 11.9 Å². The van der Waals surface area contributed by atoms with Crippen LogP contribution in [0.3, 0.4) is 0 Å². The second-order valence-corrected chi connectivity index (χ2v) is 9.62. The first-order chi connectivity index (χ1) is 15.8. The minimum Gasteiger partial charge on any atom is -0.495 e. The molecule has 5 N–H and O–H groups in total. The molecule has 1 saturated carbocycles. The molecule has 1 heterocycles. The van der Waals surface area contributed by atoms with E-state index in [0.717, 1.165) is 32.1 Å². The Labute approximate surface area is 193 Å². The number of sulfonamides is 1. The van der Waals surface area contributed by atoms with Gasteiger partial charge in [-0.05, 0) is 37.8 Å². The Morgan fingerprint density at radius 1 is 1.00 bits per heavy atom. The molecule has 10 nitrogen and oxygen atoms in total. The minimum absolute atomic E-state index is 0.0670. The Balaban J connectivity index is 1.83. The monoisotopic (exact) mass is 472 g/mol. The van der Waals surface area contributed by atoms with E-state index in [1.807, 2.05) is 0 Å². The predicted octanol–water partition coefficient (Wildman–Crippen LogP) is 2.61. The van der Waals surface area contributed by atoms with Crippen LogP contribution < -0.4 is 30.6 Å². The van der Waals surface area contributed by atoms with Crippen LogP contribution in [0.4, 0.5) is 11.4 Å². The lowest BCUT2D eigenvalue weighted by atomic mass is 9.87. The molecule has 0 saturated heterocycles. The average molecular weight is 473 g/mol.